The van der Waals surface area contributed by atoms with Crippen molar-refractivity contribution in [3.63, 3.8) is 0 Å². The summed E-state index contributed by atoms with van der Waals surface area (Å²) < 4.78 is 46.3. The number of hydrogen-bond acceptors (Lipinski definition) is 5. The van der Waals surface area contributed by atoms with Crippen molar-refractivity contribution in [3.8, 4) is 5.75 Å². The fourth-order valence-corrected chi connectivity index (χ4v) is 2.38. The van der Waals surface area contributed by atoms with Gasteiger partial charge >= 0.3 is 0 Å². The molecule has 1 amide bonds. The number of primary sulfonamides is 1. The Bertz CT molecular complexity index is 633. The van der Waals surface area contributed by atoms with Crippen LogP contribution in [0.3, 0.4) is 0 Å². The number of benzene rings is 1. The highest BCUT2D eigenvalue weighted by atomic mass is 32.2. The molecule has 0 atom stereocenters. The summed E-state index contributed by atoms with van der Waals surface area (Å²) in [5.74, 6) is -2.06. The molecule has 0 aromatic heterocycles. The zero-order valence-electron chi connectivity index (χ0n) is 11.9. The lowest BCUT2D eigenvalue weighted by atomic mass is 10.2. The van der Waals surface area contributed by atoms with Gasteiger partial charge in [0.2, 0.25) is 10.0 Å². The second-order valence-corrected chi connectivity index (χ2v) is 5.78. The van der Waals surface area contributed by atoms with Crippen LogP contribution < -0.4 is 9.88 Å². The van der Waals surface area contributed by atoms with Crippen LogP contribution in [0.2, 0.25) is 0 Å². The zero-order valence-corrected chi connectivity index (χ0v) is 12.7. The molecule has 118 valence electrons. The molecule has 0 saturated heterocycles. The molecule has 1 rings (SSSR count). The van der Waals surface area contributed by atoms with Crippen LogP contribution in [0.5, 0.6) is 5.75 Å². The number of ether oxygens (including phenoxy) is 2. The number of rotatable bonds is 6. The van der Waals surface area contributed by atoms with Crippen LogP contribution in [0.4, 0.5) is 4.39 Å². The molecule has 9 heteroatoms. The van der Waals surface area contributed by atoms with Crippen molar-refractivity contribution in [2.75, 3.05) is 34.4 Å². The molecule has 7 nitrogen and oxygen atoms in total. The molecule has 0 aliphatic rings. The lowest BCUT2D eigenvalue weighted by Gasteiger charge is -2.17. The van der Waals surface area contributed by atoms with E-state index in [1.54, 1.807) is 0 Å². The molecule has 1 aromatic carbocycles. The van der Waals surface area contributed by atoms with E-state index in [0.29, 0.717) is 6.61 Å². The third-order valence-corrected chi connectivity index (χ3v) is 3.66. The number of likely N-dealkylation sites (N-methyl/N-ethyl adjacent to an activating group) is 1. The van der Waals surface area contributed by atoms with E-state index in [-0.39, 0.29) is 12.1 Å². The van der Waals surface area contributed by atoms with Gasteiger partial charge in [0.15, 0.2) is 11.6 Å². The van der Waals surface area contributed by atoms with E-state index >= 15 is 0 Å². The number of nitrogens with two attached hydrogens (primary N) is 1. The Morgan fingerprint density at radius 3 is 2.48 bits per heavy atom. The maximum absolute atomic E-state index is 13.9. The van der Waals surface area contributed by atoms with Gasteiger partial charge in [0.25, 0.3) is 5.91 Å². The van der Waals surface area contributed by atoms with Crippen molar-refractivity contribution in [3.05, 3.63) is 23.5 Å². The van der Waals surface area contributed by atoms with E-state index in [2.05, 4.69) is 4.74 Å². The molecule has 0 fully saturated rings. The number of halogens is 1. The molecule has 0 radical (unpaired) electrons. The van der Waals surface area contributed by atoms with Gasteiger partial charge in [-0.25, -0.2) is 17.9 Å². The normalized spacial score (nSPS) is 11.3. The van der Waals surface area contributed by atoms with Crippen LogP contribution in [0.1, 0.15) is 10.4 Å². The molecular formula is C12H17FN2O5S. The van der Waals surface area contributed by atoms with Crippen molar-refractivity contribution in [1.82, 2.24) is 4.90 Å². The molecule has 0 spiro atoms. The molecule has 0 aliphatic carbocycles. The van der Waals surface area contributed by atoms with Crippen molar-refractivity contribution < 1.29 is 27.1 Å². The summed E-state index contributed by atoms with van der Waals surface area (Å²) in [6, 6.07) is 1.89. The molecule has 1 aromatic rings. The van der Waals surface area contributed by atoms with Crippen LogP contribution >= 0.6 is 0 Å². The number of sulfonamides is 1. The van der Waals surface area contributed by atoms with Gasteiger partial charge < -0.3 is 14.4 Å². The summed E-state index contributed by atoms with van der Waals surface area (Å²) in [4.78, 5) is 12.8. The van der Waals surface area contributed by atoms with Crippen molar-refractivity contribution in [2.24, 2.45) is 5.14 Å². The van der Waals surface area contributed by atoms with E-state index in [9.17, 15) is 17.6 Å². The minimum atomic E-state index is -4.23. The third kappa shape index (κ3) is 4.13. The summed E-state index contributed by atoms with van der Waals surface area (Å²) in [5, 5.41) is 5.01. The second-order valence-electron chi connectivity index (χ2n) is 4.25. The highest BCUT2D eigenvalue weighted by Gasteiger charge is 2.23. The fraction of sp³-hybridized carbons (Fsp3) is 0.417. The highest BCUT2D eigenvalue weighted by molar-refractivity contribution is 7.89. The Labute approximate surface area is 122 Å². The van der Waals surface area contributed by atoms with Gasteiger partial charge in [-0.2, -0.15) is 0 Å². The van der Waals surface area contributed by atoms with Gasteiger partial charge in [-0.1, -0.05) is 0 Å². The standard InChI is InChI=1S/C12H17FN2O5S/c1-15(4-5-19-2)12(16)8-6-9(13)11(20-3)10(7-8)21(14,17)18/h6-7H,4-5H2,1-3H3,(H2,14,17,18). The van der Waals surface area contributed by atoms with Gasteiger partial charge in [0.1, 0.15) is 4.90 Å². The quantitative estimate of drug-likeness (QED) is 0.807. The first-order valence-corrected chi connectivity index (χ1v) is 7.41. The van der Waals surface area contributed by atoms with Gasteiger partial charge in [-0.15, -0.1) is 0 Å². The lowest BCUT2D eigenvalue weighted by molar-refractivity contribution is 0.0743. The Morgan fingerprint density at radius 1 is 1.38 bits per heavy atom. The average molecular weight is 320 g/mol. The van der Waals surface area contributed by atoms with Gasteiger partial charge in [0, 0.05) is 26.3 Å². The average Bonchev–Trinajstić information content (AvgIpc) is 2.41. The molecule has 2 N–H and O–H groups in total. The molecule has 0 unspecified atom stereocenters. The maximum Gasteiger partial charge on any atom is 0.253 e. The zero-order chi connectivity index (χ0) is 16.2. The first-order chi connectivity index (χ1) is 9.72. The predicted molar refractivity (Wildman–Crippen MR) is 73.2 cm³/mol. The highest BCUT2D eigenvalue weighted by Crippen LogP contribution is 2.28. The third-order valence-electron chi connectivity index (χ3n) is 2.74. The molecule has 0 saturated carbocycles. The SMILES string of the molecule is COCCN(C)C(=O)c1cc(F)c(OC)c(S(N)(=O)=O)c1. The van der Waals surface area contributed by atoms with Crippen molar-refractivity contribution >= 4 is 15.9 Å². The molecular weight excluding hydrogens is 303 g/mol. The van der Waals surface area contributed by atoms with E-state index in [1.165, 1.54) is 19.1 Å². The van der Waals surface area contributed by atoms with Gasteiger partial charge in [0.05, 0.1) is 13.7 Å². The minimum Gasteiger partial charge on any atom is -0.492 e. The number of methoxy groups -OCH3 is 2. The van der Waals surface area contributed by atoms with E-state index in [0.717, 1.165) is 19.2 Å². The monoisotopic (exact) mass is 320 g/mol. The number of carbonyl (C=O) groups excluding carboxylic acids is 1. The smallest absolute Gasteiger partial charge is 0.253 e. The number of hydrogen-bond donors (Lipinski definition) is 1. The van der Waals surface area contributed by atoms with Crippen LogP contribution in [-0.4, -0.2) is 53.6 Å². The summed E-state index contributed by atoms with van der Waals surface area (Å²) in [6.45, 7) is 0.566. The summed E-state index contributed by atoms with van der Waals surface area (Å²) in [5.41, 5.74) is -0.143. The van der Waals surface area contributed by atoms with Crippen molar-refractivity contribution in [2.45, 2.75) is 4.90 Å². The number of nitrogens with zero attached hydrogens (tertiary/aromatic N) is 1. The van der Waals surface area contributed by atoms with Crippen LogP contribution in [0.25, 0.3) is 0 Å². The van der Waals surface area contributed by atoms with Crippen LogP contribution in [0, 0.1) is 5.82 Å². The molecule has 0 bridgehead atoms. The predicted octanol–water partition coefficient (Wildman–Crippen LogP) is 0.200. The van der Waals surface area contributed by atoms with Crippen LogP contribution in [0.15, 0.2) is 17.0 Å². The summed E-state index contributed by atoms with van der Waals surface area (Å²) in [7, 11) is -0.154. The topological polar surface area (TPSA) is 98.9 Å². The van der Waals surface area contributed by atoms with Gasteiger partial charge in [-0.05, 0) is 12.1 Å². The fourth-order valence-electron chi connectivity index (χ4n) is 1.65. The van der Waals surface area contributed by atoms with E-state index < -0.39 is 32.4 Å². The first-order valence-electron chi connectivity index (χ1n) is 5.87. The molecule has 0 heterocycles. The van der Waals surface area contributed by atoms with Crippen molar-refractivity contribution in [1.29, 1.82) is 0 Å². The van der Waals surface area contributed by atoms with Gasteiger partial charge in [-0.3, -0.25) is 4.79 Å². The lowest BCUT2D eigenvalue weighted by Crippen LogP contribution is -2.30. The molecule has 0 aliphatic heterocycles. The van der Waals surface area contributed by atoms with E-state index in [1.807, 2.05) is 0 Å². The Hall–Kier alpha value is -1.71. The van der Waals surface area contributed by atoms with Crippen LogP contribution in [-0.2, 0) is 14.8 Å². The Morgan fingerprint density at radius 2 is 2.00 bits per heavy atom. The second kappa shape index (κ2) is 6.83. The summed E-state index contributed by atoms with van der Waals surface area (Å²) in [6.07, 6.45) is 0. The largest absolute Gasteiger partial charge is 0.492 e. The molecule has 21 heavy (non-hydrogen) atoms. The first kappa shape index (κ1) is 17.3. The maximum atomic E-state index is 13.9. The Kier molecular flexibility index (Phi) is 5.64. The Balaban J connectivity index is 3.27. The summed E-state index contributed by atoms with van der Waals surface area (Å²) >= 11 is 0. The number of amides is 1. The number of carbonyl (C=O) groups is 1. The minimum absolute atomic E-state index is 0.143. The van der Waals surface area contributed by atoms with E-state index in [4.69, 9.17) is 9.88 Å².